The summed E-state index contributed by atoms with van der Waals surface area (Å²) in [4.78, 5) is 19.9. The van der Waals surface area contributed by atoms with E-state index in [1.807, 2.05) is 75.4 Å². The van der Waals surface area contributed by atoms with Crippen LogP contribution in [0.1, 0.15) is 46.5 Å². The minimum Gasteiger partial charge on any atom is -0.485 e. The molecule has 5 aromatic rings. The fraction of sp³-hybridized carbons (Fsp3) is 0.250. The Morgan fingerprint density at radius 3 is 2.55 bits per heavy atom. The van der Waals surface area contributed by atoms with Crippen molar-refractivity contribution in [1.29, 1.82) is 0 Å². The zero-order valence-electron chi connectivity index (χ0n) is 23.6. The average Bonchev–Trinajstić information content (AvgIpc) is 3.58. The Hall–Kier alpha value is -3.83. The zero-order chi connectivity index (χ0) is 29.6. The largest absolute Gasteiger partial charge is 0.485 e. The van der Waals surface area contributed by atoms with Crippen LogP contribution in [0.25, 0.3) is 31.6 Å². The SMILES string of the molecule is Cc1c(-c2cc(C(=O)NS(=O)(=O)N3CC[C@H](N)C3)c3c(O[C@H](C)c4ccccc4)ccc(C)c3n2)sc2ccccc12. The predicted octanol–water partition coefficient (Wildman–Crippen LogP) is 5.88. The molecule has 0 bridgehead atoms. The summed E-state index contributed by atoms with van der Waals surface area (Å²) in [6.45, 7) is 6.31. The molecule has 10 heteroatoms. The summed E-state index contributed by atoms with van der Waals surface area (Å²) in [5.74, 6) is -0.296. The molecule has 216 valence electrons. The van der Waals surface area contributed by atoms with Crippen LogP contribution in [-0.2, 0) is 10.2 Å². The highest BCUT2D eigenvalue weighted by Crippen LogP contribution is 2.41. The van der Waals surface area contributed by atoms with Gasteiger partial charge in [0.2, 0.25) is 0 Å². The van der Waals surface area contributed by atoms with E-state index < -0.39 is 16.1 Å². The van der Waals surface area contributed by atoms with E-state index in [2.05, 4.69) is 16.9 Å². The standard InChI is InChI=1S/C32H32N4O4S2/c1-19-13-14-27(40-21(3)22-9-5-4-6-10-22)29-25(32(37)35-42(38,39)36-16-15-23(33)18-36)17-26(34-30(19)29)31-20(2)24-11-7-8-12-28(24)41-31/h4-14,17,21,23H,15-16,18,33H2,1-3H3,(H,35,37)/t21-,23+/m1/s1. The molecular weight excluding hydrogens is 569 g/mol. The van der Waals surface area contributed by atoms with Crippen LogP contribution in [0, 0.1) is 13.8 Å². The van der Waals surface area contributed by atoms with E-state index in [0.29, 0.717) is 28.8 Å². The molecule has 1 saturated heterocycles. The Bertz CT molecular complexity index is 1920. The van der Waals surface area contributed by atoms with Gasteiger partial charge in [0, 0.05) is 23.8 Å². The summed E-state index contributed by atoms with van der Waals surface area (Å²) >= 11 is 1.59. The van der Waals surface area contributed by atoms with E-state index in [9.17, 15) is 13.2 Å². The number of pyridine rings is 1. The number of benzene rings is 3. The second-order valence-corrected chi connectivity index (χ2v) is 13.4. The number of hydrogen-bond donors (Lipinski definition) is 2. The van der Waals surface area contributed by atoms with Crippen LogP contribution in [0.15, 0.2) is 72.8 Å². The Morgan fingerprint density at radius 2 is 1.83 bits per heavy atom. The third-order valence-electron chi connectivity index (χ3n) is 7.77. The molecule has 8 nitrogen and oxygen atoms in total. The Balaban J connectivity index is 1.52. The van der Waals surface area contributed by atoms with Gasteiger partial charge in [0.15, 0.2) is 0 Å². The van der Waals surface area contributed by atoms with Gasteiger partial charge in [-0.05, 0) is 67.5 Å². The van der Waals surface area contributed by atoms with Crippen molar-refractivity contribution in [3.05, 3.63) is 95.1 Å². The molecule has 0 aliphatic carbocycles. The molecule has 3 aromatic carbocycles. The van der Waals surface area contributed by atoms with E-state index >= 15 is 0 Å². The molecule has 0 saturated carbocycles. The van der Waals surface area contributed by atoms with E-state index in [1.165, 1.54) is 4.31 Å². The van der Waals surface area contributed by atoms with Crippen molar-refractivity contribution >= 4 is 48.4 Å². The Labute approximate surface area is 249 Å². The van der Waals surface area contributed by atoms with Gasteiger partial charge < -0.3 is 10.5 Å². The molecular formula is C32H32N4O4S2. The number of hydrogen-bond acceptors (Lipinski definition) is 7. The lowest BCUT2D eigenvalue weighted by atomic mass is 10.0. The van der Waals surface area contributed by atoms with E-state index in [1.54, 1.807) is 17.4 Å². The van der Waals surface area contributed by atoms with Crippen LogP contribution < -0.4 is 15.2 Å². The lowest BCUT2D eigenvalue weighted by Gasteiger charge is -2.20. The number of nitrogens with two attached hydrogens (primary N) is 1. The third kappa shape index (κ3) is 5.27. The first-order valence-electron chi connectivity index (χ1n) is 13.8. The lowest BCUT2D eigenvalue weighted by Crippen LogP contribution is -2.43. The first-order valence-corrected chi connectivity index (χ1v) is 16.1. The Morgan fingerprint density at radius 1 is 1.10 bits per heavy atom. The summed E-state index contributed by atoms with van der Waals surface area (Å²) < 4.78 is 37.5. The summed E-state index contributed by atoms with van der Waals surface area (Å²) in [6.07, 6.45) is 0.212. The summed E-state index contributed by atoms with van der Waals surface area (Å²) in [5, 5.41) is 1.58. The maximum Gasteiger partial charge on any atom is 0.304 e. The number of amides is 1. The number of thiophene rings is 1. The fourth-order valence-corrected chi connectivity index (χ4v) is 7.82. The minimum absolute atomic E-state index is 0.161. The normalized spacial score (nSPS) is 16.6. The second kappa shape index (κ2) is 11.1. The molecule has 1 aliphatic heterocycles. The molecule has 1 amide bonds. The number of carbonyl (C=O) groups excluding carboxylic acids is 1. The molecule has 3 N–H and O–H groups in total. The van der Waals surface area contributed by atoms with Gasteiger partial charge in [0.05, 0.1) is 27.0 Å². The topological polar surface area (TPSA) is 115 Å². The van der Waals surface area contributed by atoms with Crippen molar-refractivity contribution in [3.8, 4) is 16.3 Å². The van der Waals surface area contributed by atoms with Crippen LogP contribution in [0.3, 0.4) is 0 Å². The van der Waals surface area contributed by atoms with Crippen molar-refractivity contribution in [2.24, 2.45) is 5.73 Å². The molecule has 3 heterocycles. The molecule has 2 atom stereocenters. The van der Waals surface area contributed by atoms with Crippen LogP contribution in [0.2, 0.25) is 0 Å². The number of nitrogens with zero attached hydrogens (tertiary/aromatic N) is 2. The van der Waals surface area contributed by atoms with Crippen molar-refractivity contribution < 1.29 is 17.9 Å². The monoisotopic (exact) mass is 600 g/mol. The summed E-state index contributed by atoms with van der Waals surface area (Å²) in [7, 11) is -4.11. The van der Waals surface area contributed by atoms with E-state index in [-0.39, 0.29) is 30.8 Å². The van der Waals surface area contributed by atoms with Gasteiger partial charge >= 0.3 is 10.2 Å². The number of nitrogens with one attached hydrogen (secondary N) is 1. The van der Waals surface area contributed by atoms with Gasteiger partial charge in [-0.2, -0.15) is 12.7 Å². The number of rotatable bonds is 7. The van der Waals surface area contributed by atoms with Gasteiger partial charge in [-0.3, -0.25) is 4.79 Å². The van der Waals surface area contributed by atoms with Gasteiger partial charge in [0.25, 0.3) is 5.91 Å². The zero-order valence-corrected chi connectivity index (χ0v) is 25.3. The molecule has 42 heavy (non-hydrogen) atoms. The summed E-state index contributed by atoms with van der Waals surface area (Å²) in [5.41, 5.74) is 10.2. The van der Waals surface area contributed by atoms with Crippen molar-refractivity contribution in [3.63, 3.8) is 0 Å². The van der Waals surface area contributed by atoms with E-state index in [0.717, 1.165) is 31.7 Å². The van der Waals surface area contributed by atoms with Crippen LogP contribution in [0.4, 0.5) is 0 Å². The van der Waals surface area contributed by atoms with Gasteiger partial charge in [0.1, 0.15) is 11.9 Å². The molecule has 2 aromatic heterocycles. The third-order valence-corrected chi connectivity index (χ3v) is 10.5. The lowest BCUT2D eigenvalue weighted by molar-refractivity contribution is 0.0980. The van der Waals surface area contributed by atoms with Crippen molar-refractivity contribution in [2.75, 3.05) is 13.1 Å². The molecule has 1 fully saturated rings. The number of aryl methyl sites for hydroxylation is 2. The van der Waals surface area contributed by atoms with Crippen molar-refractivity contribution in [2.45, 2.75) is 39.3 Å². The molecule has 6 rings (SSSR count). The first-order chi connectivity index (χ1) is 20.1. The predicted molar refractivity (Wildman–Crippen MR) is 168 cm³/mol. The fourth-order valence-electron chi connectivity index (χ4n) is 5.45. The number of fused-ring (bicyclic) bond motifs is 2. The van der Waals surface area contributed by atoms with Gasteiger partial charge in [-0.1, -0.05) is 54.6 Å². The van der Waals surface area contributed by atoms with Crippen LogP contribution in [-0.4, -0.2) is 42.7 Å². The maximum atomic E-state index is 13.9. The van der Waals surface area contributed by atoms with Gasteiger partial charge in [-0.15, -0.1) is 11.3 Å². The number of carbonyl (C=O) groups is 1. The highest BCUT2D eigenvalue weighted by atomic mass is 32.2. The highest BCUT2D eigenvalue weighted by molar-refractivity contribution is 7.87. The number of ether oxygens (including phenoxy) is 1. The second-order valence-electron chi connectivity index (χ2n) is 10.7. The Kier molecular flexibility index (Phi) is 7.48. The molecule has 0 radical (unpaired) electrons. The maximum absolute atomic E-state index is 13.9. The average molecular weight is 601 g/mol. The first kappa shape index (κ1) is 28.3. The quantitative estimate of drug-likeness (QED) is 0.241. The van der Waals surface area contributed by atoms with Crippen LogP contribution in [0.5, 0.6) is 5.75 Å². The summed E-state index contributed by atoms with van der Waals surface area (Å²) in [6, 6.07) is 23.0. The molecule has 0 unspecified atom stereocenters. The van der Waals surface area contributed by atoms with Gasteiger partial charge in [-0.25, -0.2) is 9.71 Å². The highest BCUT2D eigenvalue weighted by Gasteiger charge is 2.32. The molecule has 1 aliphatic rings. The molecule has 0 spiro atoms. The smallest absolute Gasteiger partial charge is 0.304 e. The number of aromatic nitrogens is 1. The van der Waals surface area contributed by atoms with E-state index in [4.69, 9.17) is 15.5 Å². The van der Waals surface area contributed by atoms with Crippen LogP contribution >= 0.6 is 11.3 Å². The van der Waals surface area contributed by atoms with Crippen molar-refractivity contribution in [1.82, 2.24) is 14.0 Å². The minimum atomic E-state index is -4.11.